The van der Waals surface area contributed by atoms with Crippen molar-refractivity contribution in [1.29, 1.82) is 0 Å². The molecule has 3 aromatic rings. The number of fused-ring (bicyclic) bond motifs is 6. The minimum atomic E-state index is -0.0535. The topological polar surface area (TPSA) is 39.3 Å². The van der Waals surface area contributed by atoms with Crippen LogP contribution in [-0.2, 0) is 6.42 Å². The van der Waals surface area contributed by atoms with E-state index in [1.54, 1.807) is 0 Å². The van der Waals surface area contributed by atoms with Crippen LogP contribution < -0.4 is 4.90 Å². The number of para-hydroxylation sites is 2. The lowest BCUT2D eigenvalue weighted by atomic mass is 9.94. The number of benzene rings is 2. The number of aryl methyl sites for hydroxylation is 1. The zero-order valence-electron chi connectivity index (χ0n) is 13.8. The summed E-state index contributed by atoms with van der Waals surface area (Å²) >= 11 is 0. The van der Waals surface area contributed by atoms with Crippen LogP contribution in [0.25, 0.3) is 10.9 Å². The molecule has 0 radical (unpaired) electrons. The molecule has 1 N–H and O–H groups in total. The molecule has 1 aromatic heterocycles. The van der Waals surface area contributed by atoms with Crippen molar-refractivity contribution in [3.8, 4) is 0 Å². The van der Waals surface area contributed by atoms with Gasteiger partial charge in [-0.25, -0.2) is 0 Å². The smallest absolute Gasteiger partial charge is 0.257 e. The third kappa shape index (κ3) is 1.60. The number of nitrogens with one attached hydrogen (secondary N) is 1. The van der Waals surface area contributed by atoms with Crippen molar-refractivity contribution in [3.63, 3.8) is 0 Å². The fourth-order valence-electron chi connectivity index (χ4n) is 4.41. The average Bonchev–Trinajstić information content (AvgIpc) is 2.97. The van der Waals surface area contributed by atoms with Gasteiger partial charge < -0.3 is 14.8 Å². The second-order valence-corrected chi connectivity index (χ2v) is 6.77. The van der Waals surface area contributed by atoms with Gasteiger partial charge in [-0.2, -0.15) is 0 Å². The molecule has 1 amide bonds. The Hall–Kier alpha value is -2.75. The Bertz CT molecular complexity index is 988. The van der Waals surface area contributed by atoms with E-state index in [4.69, 9.17) is 0 Å². The number of hydrogen-bond acceptors (Lipinski definition) is 2. The van der Waals surface area contributed by atoms with Gasteiger partial charge in [-0.15, -0.1) is 0 Å². The van der Waals surface area contributed by atoms with Crippen molar-refractivity contribution in [2.75, 3.05) is 18.5 Å². The Morgan fingerprint density at radius 3 is 2.83 bits per heavy atom. The highest BCUT2D eigenvalue weighted by atomic mass is 16.2. The number of carbonyl (C=O) groups excluding carboxylic acids is 1. The van der Waals surface area contributed by atoms with Crippen LogP contribution in [0.15, 0.2) is 42.5 Å². The fraction of sp³-hybridized carbons (Fsp3) is 0.250. The molecule has 24 heavy (non-hydrogen) atoms. The Morgan fingerprint density at radius 1 is 1.12 bits per heavy atom. The summed E-state index contributed by atoms with van der Waals surface area (Å²) in [6, 6.07) is 14.4. The second-order valence-electron chi connectivity index (χ2n) is 6.77. The first kappa shape index (κ1) is 13.7. The molecule has 0 saturated carbocycles. The number of H-pyrrole nitrogens is 1. The van der Waals surface area contributed by atoms with Gasteiger partial charge in [0.05, 0.1) is 16.9 Å². The van der Waals surface area contributed by atoms with E-state index in [-0.39, 0.29) is 12.1 Å². The van der Waals surface area contributed by atoms with Crippen LogP contribution in [0.1, 0.15) is 33.3 Å². The highest BCUT2D eigenvalue weighted by Gasteiger charge is 2.41. The predicted molar refractivity (Wildman–Crippen MR) is 95.4 cm³/mol. The van der Waals surface area contributed by atoms with E-state index in [0.717, 1.165) is 41.0 Å². The Labute approximate surface area is 140 Å². The minimum Gasteiger partial charge on any atom is -0.355 e. The van der Waals surface area contributed by atoms with E-state index >= 15 is 0 Å². The first-order valence-electron chi connectivity index (χ1n) is 8.39. The zero-order valence-corrected chi connectivity index (χ0v) is 13.8. The lowest BCUT2D eigenvalue weighted by molar-refractivity contribution is 0.0634. The van der Waals surface area contributed by atoms with Gasteiger partial charge in [-0.05, 0) is 36.6 Å². The molecule has 0 aliphatic carbocycles. The third-order valence-electron chi connectivity index (χ3n) is 5.45. The lowest BCUT2D eigenvalue weighted by Gasteiger charge is -2.46. The summed E-state index contributed by atoms with van der Waals surface area (Å²) < 4.78 is 0. The van der Waals surface area contributed by atoms with E-state index in [2.05, 4.69) is 54.2 Å². The van der Waals surface area contributed by atoms with Gasteiger partial charge in [0.2, 0.25) is 0 Å². The number of anilines is 1. The number of hydrogen-bond donors (Lipinski definition) is 1. The van der Waals surface area contributed by atoms with Crippen molar-refractivity contribution < 1.29 is 4.79 Å². The van der Waals surface area contributed by atoms with Crippen LogP contribution in [0, 0.1) is 6.92 Å². The number of rotatable bonds is 0. The van der Waals surface area contributed by atoms with Crippen LogP contribution in [-0.4, -0.2) is 29.4 Å². The van der Waals surface area contributed by atoms with Crippen LogP contribution in [0.4, 0.5) is 5.69 Å². The van der Waals surface area contributed by atoms with Crippen LogP contribution in [0.2, 0.25) is 0 Å². The first-order chi connectivity index (χ1) is 11.7. The maximum absolute atomic E-state index is 13.1. The summed E-state index contributed by atoms with van der Waals surface area (Å²) in [7, 11) is 2.09. The SMILES string of the molecule is Cc1cccc2c1N(C)[C@@H]1c3[nH]c4ccccc4c3CCN1C2=O. The molecule has 0 fully saturated rings. The molecule has 2 aliphatic heterocycles. The van der Waals surface area contributed by atoms with Gasteiger partial charge in [-0.1, -0.05) is 30.3 Å². The normalized spacial score (nSPS) is 19.2. The van der Waals surface area contributed by atoms with Crippen molar-refractivity contribution in [1.82, 2.24) is 9.88 Å². The molecule has 0 bridgehead atoms. The highest BCUT2D eigenvalue weighted by Crippen LogP contribution is 2.43. The standard InChI is InChI=1S/C20H19N3O/c1-12-6-5-8-15-18(12)22(2)19-17-14(10-11-23(19)20(15)24)13-7-3-4-9-16(13)21-17/h3-9,19,21H,10-11H2,1-2H3/t19-/m0/s1. The minimum absolute atomic E-state index is 0.0535. The molecule has 2 aliphatic rings. The molecule has 4 heteroatoms. The lowest BCUT2D eigenvalue weighted by Crippen LogP contribution is -2.51. The van der Waals surface area contributed by atoms with Gasteiger partial charge in [0.25, 0.3) is 5.91 Å². The van der Waals surface area contributed by atoms with Crippen molar-refractivity contribution in [2.24, 2.45) is 0 Å². The first-order valence-corrected chi connectivity index (χ1v) is 8.39. The predicted octanol–water partition coefficient (Wildman–Crippen LogP) is 3.62. The third-order valence-corrected chi connectivity index (χ3v) is 5.45. The summed E-state index contributed by atoms with van der Waals surface area (Å²) in [5.74, 6) is 0.140. The molecule has 3 heterocycles. The molecule has 0 spiro atoms. The molecule has 0 unspecified atom stereocenters. The molecule has 0 saturated heterocycles. The summed E-state index contributed by atoms with van der Waals surface area (Å²) in [5.41, 5.74) is 6.67. The molecule has 5 rings (SSSR count). The van der Waals surface area contributed by atoms with E-state index in [0.29, 0.717) is 0 Å². The zero-order chi connectivity index (χ0) is 16.4. The van der Waals surface area contributed by atoms with Crippen LogP contribution in [0.5, 0.6) is 0 Å². The van der Waals surface area contributed by atoms with Gasteiger partial charge in [0.1, 0.15) is 6.17 Å². The van der Waals surface area contributed by atoms with Gasteiger partial charge >= 0.3 is 0 Å². The van der Waals surface area contributed by atoms with Gasteiger partial charge in [-0.3, -0.25) is 4.79 Å². The second kappa shape index (κ2) is 4.63. The molecule has 2 aromatic carbocycles. The van der Waals surface area contributed by atoms with E-state index < -0.39 is 0 Å². The summed E-state index contributed by atoms with van der Waals surface area (Å²) in [6.07, 6.45) is 0.846. The monoisotopic (exact) mass is 317 g/mol. The highest BCUT2D eigenvalue weighted by molar-refractivity contribution is 6.03. The van der Waals surface area contributed by atoms with Crippen LogP contribution >= 0.6 is 0 Å². The molecule has 4 nitrogen and oxygen atoms in total. The van der Waals surface area contributed by atoms with E-state index in [1.165, 1.54) is 10.9 Å². The Morgan fingerprint density at radius 2 is 1.96 bits per heavy atom. The van der Waals surface area contributed by atoms with Gasteiger partial charge in [0, 0.05) is 24.5 Å². The summed E-state index contributed by atoms with van der Waals surface area (Å²) in [4.78, 5) is 20.9. The van der Waals surface area contributed by atoms with Crippen LogP contribution in [0.3, 0.4) is 0 Å². The summed E-state index contributed by atoms with van der Waals surface area (Å²) in [5, 5.41) is 1.28. The number of aromatic amines is 1. The number of aromatic nitrogens is 1. The van der Waals surface area contributed by atoms with Crippen molar-refractivity contribution >= 4 is 22.5 Å². The fourth-order valence-corrected chi connectivity index (χ4v) is 4.41. The van der Waals surface area contributed by atoms with Crippen molar-refractivity contribution in [3.05, 3.63) is 64.8 Å². The molecule has 1 atom stereocenters. The number of amides is 1. The number of nitrogens with zero attached hydrogens (tertiary/aromatic N) is 2. The largest absolute Gasteiger partial charge is 0.355 e. The quantitative estimate of drug-likeness (QED) is 0.688. The summed E-state index contributed by atoms with van der Waals surface area (Å²) in [6.45, 7) is 2.84. The average molecular weight is 317 g/mol. The number of carbonyl (C=O) groups is 1. The molecule has 120 valence electrons. The van der Waals surface area contributed by atoms with E-state index in [1.807, 2.05) is 17.0 Å². The van der Waals surface area contributed by atoms with Gasteiger partial charge in [0.15, 0.2) is 0 Å². The Kier molecular flexibility index (Phi) is 2.64. The maximum atomic E-state index is 13.1. The Balaban J connectivity index is 1.76. The van der Waals surface area contributed by atoms with E-state index in [9.17, 15) is 4.79 Å². The maximum Gasteiger partial charge on any atom is 0.257 e. The molecular formula is C20H19N3O. The molecular weight excluding hydrogens is 298 g/mol. The van der Waals surface area contributed by atoms with Crippen molar-refractivity contribution in [2.45, 2.75) is 19.5 Å².